The molecule has 49 heavy (non-hydrogen) atoms. The molecule has 2 saturated heterocycles. The summed E-state index contributed by atoms with van der Waals surface area (Å²) < 4.78 is 55.3. The zero-order valence-electron chi connectivity index (χ0n) is 27.0. The summed E-state index contributed by atoms with van der Waals surface area (Å²) in [6.07, 6.45) is 7.52. The number of anilines is 2. The van der Waals surface area contributed by atoms with Crippen LogP contribution in [0, 0.1) is 0 Å². The normalized spacial score (nSPS) is 16.7. The van der Waals surface area contributed by atoms with Crippen LogP contribution in [0.5, 0.6) is 0 Å². The average molecular weight is 722 g/mol. The summed E-state index contributed by atoms with van der Waals surface area (Å²) in [7, 11) is -7.20. The van der Waals surface area contributed by atoms with E-state index >= 15 is 0 Å². The highest BCUT2D eigenvalue weighted by atomic mass is 32.2. The van der Waals surface area contributed by atoms with Gasteiger partial charge in [0.15, 0.2) is 5.13 Å². The summed E-state index contributed by atoms with van der Waals surface area (Å²) in [5.74, 6) is -0.761. The molecule has 3 heterocycles. The molecule has 3 aromatic carbocycles. The Kier molecular flexibility index (Phi) is 10.9. The monoisotopic (exact) mass is 721 g/mol. The number of carbonyl (C=O) groups is 2. The highest BCUT2D eigenvalue weighted by molar-refractivity contribution is 7.89. The minimum Gasteiger partial charge on any atom is -0.322 e. The van der Waals surface area contributed by atoms with Crippen molar-refractivity contribution in [3.05, 3.63) is 89.3 Å². The number of amides is 2. The van der Waals surface area contributed by atoms with E-state index in [4.69, 9.17) is 0 Å². The van der Waals surface area contributed by atoms with Gasteiger partial charge in [-0.2, -0.15) is 8.61 Å². The molecule has 2 aliphatic rings. The molecule has 11 nitrogen and oxygen atoms in total. The van der Waals surface area contributed by atoms with Crippen LogP contribution in [0.4, 0.5) is 10.8 Å². The summed E-state index contributed by atoms with van der Waals surface area (Å²) in [4.78, 5) is 30.7. The molecule has 0 saturated carbocycles. The minimum atomic E-state index is -3.60. The van der Waals surface area contributed by atoms with Gasteiger partial charge in [0, 0.05) is 53.9 Å². The Morgan fingerprint density at radius 1 is 0.571 bits per heavy atom. The van der Waals surface area contributed by atoms with E-state index in [1.807, 2.05) is 0 Å². The molecule has 2 aliphatic heterocycles. The van der Waals surface area contributed by atoms with Gasteiger partial charge in [-0.15, -0.1) is 11.3 Å². The van der Waals surface area contributed by atoms with E-state index in [1.54, 1.807) is 29.6 Å². The summed E-state index contributed by atoms with van der Waals surface area (Å²) in [5.41, 5.74) is 2.63. The standard InChI is InChI=1S/C35H39N5O6S3/c41-33(27-11-17-30(18-12-27)48(43,44)39-21-5-1-2-6-22-39)36-29-15-9-26(10-16-29)32-25-47-35(37-32)38-34(42)28-13-19-31(20-14-28)49(45,46)40-23-7-3-4-8-24-40/h9-20,25H,1-8,21-24H2,(H,36,41)(H,37,38,42). The minimum absolute atomic E-state index is 0.175. The number of aromatic nitrogens is 1. The van der Waals surface area contributed by atoms with E-state index < -0.39 is 26.0 Å². The number of benzene rings is 3. The third-order valence-corrected chi connectivity index (χ3v) is 13.4. The highest BCUT2D eigenvalue weighted by Gasteiger charge is 2.26. The molecule has 0 radical (unpaired) electrons. The van der Waals surface area contributed by atoms with Crippen LogP contribution in [0.15, 0.2) is 88.0 Å². The summed E-state index contributed by atoms with van der Waals surface area (Å²) >= 11 is 1.26. The Bertz CT molecular complexity index is 1980. The lowest BCUT2D eigenvalue weighted by Crippen LogP contribution is -2.31. The van der Waals surface area contributed by atoms with Crippen LogP contribution >= 0.6 is 11.3 Å². The van der Waals surface area contributed by atoms with Crippen LogP contribution in [0.25, 0.3) is 11.3 Å². The number of sulfonamides is 2. The van der Waals surface area contributed by atoms with Crippen molar-refractivity contribution < 1.29 is 26.4 Å². The zero-order valence-corrected chi connectivity index (χ0v) is 29.5. The van der Waals surface area contributed by atoms with Crippen molar-refractivity contribution in [3.63, 3.8) is 0 Å². The maximum absolute atomic E-state index is 13.1. The zero-order chi connectivity index (χ0) is 34.4. The van der Waals surface area contributed by atoms with E-state index in [9.17, 15) is 26.4 Å². The van der Waals surface area contributed by atoms with Gasteiger partial charge in [-0.05, 0) is 86.3 Å². The van der Waals surface area contributed by atoms with Crippen molar-refractivity contribution >= 4 is 54.0 Å². The second kappa shape index (κ2) is 15.3. The van der Waals surface area contributed by atoms with Gasteiger partial charge in [-0.3, -0.25) is 14.9 Å². The van der Waals surface area contributed by atoms with Gasteiger partial charge in [0.1, 0.15) is 0 Å². The Morgan fingerprint density at radius 2 is 1.00 bits per heavy atom. The molecule has 6 rings (SSSR count). The number of hydrogen-bond acceptors (Lipinski definition) is 8. The van der Waals surface area contributed by atoms with Gasteiger partial charge < -0.3 is 5.32 Å². The molecule has 2 amide bonds. The van der Waals surface area contributed by atoms with Crippen molar-refractivity contribution in [1.29, 1.82) is 0 Å². The van der Waals surface area contributed by atoms with Gasteiger partial charge in [-0.1, -0.05) is 37.8 Å². The molecule has 0 bridgehead atoms. The first kappa shape index (κ1) is 34.9. The molecule has 14 heteroatoms. The number of thiazole rings is 1. The molecule has 0 spiro atoms. The largest absolute Gasteiger partial charge is 0.322 e. The summed E-state index contributed by atoms with van der Waals surface area (Å²) in [5, 5.41) is 7.81. The number of nitrogens with zero attached hydrogens (tertiary/aromatic N) is 3. The Balaban J connectivity index is 1.04. The number of rotatable bonds is 9. The maximum Gasteiger partial charge on any atom is 0.257 e. The molecule has 0 atom stereocenters. The third-order valence-electron chi connectivity index (χ3n) is 8.80. The van der Waals surface area contributed by atoms with Crippen LogP contribution in [-0.2, 0) is 20.0 Å². The van der Waals surface area contributed by atoms with Crippen molar-refractivity contribution in [1.82, 2.24) is 13.6 Å². The number of carbonyl (C=O) groups excluding carboxylic acids is 2. The SMILES string of the molecule is O=C(Nc1ccc(-c2csc(NC(=O)c3ccc(S(=O)(=O)N4CCCCCC4)cc3)n2)cc1)c1ccc(S(=O)(=O)N2CCCCCC2)cc1. The van der Waals surface area contributed by atoms with E-state index in [2.05, 4.69) is 15.6 Å². The summed E-state index contributed by atoms with van der Waals surface area (Å²) in [6.45, 7) is 2.05. The molecule has 2 fully saturated rings. The molecule has 2 N–H and O–H groups in total. The smallest absolute Gasteiger partial charge is 0.257 e. The van der Waals surface area contributed by atoms with Crippen molar-refractivity contribution in [2.75, 3.05) is 36.8 Å². The average Bonchev–Trinajstić information content (AvgIpc) is 3.29. The topological polar surface area (TPSA) is 146 Å². The van der Waals surface area contributed by atoms with Crippen molar-refractivity contribution in [2.45, 2.75) is 61.2 Å². The fourth-order valence-electron chi connectivity index (χ4n) is 5.98. The van der Waals surface area contributed by atoms with Crippen LogP contribution in [0.3, 0.4) is 0 Å². The fraction of sp³-hybridized carbons (Fsp3) is 0.343. The first-order valence-electron chi connectivity index (χ1n) is 16.5. The van der Waals surface area contributed by atoms with Crippen LogP contribution in [0.2, 0.25) is 0 Å². The Morgan fingerprint density at radius 3 is 1.45 bits per heavy atom. The second-order valence-electron chi connectivity index (χ2n) is 12.2. The fourth-order valence-corrected chi connectivity index (χ4v) is 9.73. The first-order chi connectivity index (χ1) is 23.6. The van der Waals surface area contributed by atoms with Gasteiger partial charge in [0.2, 0.25) is 20.0 Å². The molecule has 0 aliphatic carbocycles. The van der Waals surface area contributed by atoms with Crippen LogP contribution < -0.4 is 10.6 Å². The maximum atomic E-state index is 13.1. The Hall–Kier alpha value is -3.95. The Labute approximate surface area is 291 Å². The molecule has 4 aromatic rings. The first-order valence-corrected chi connectivity index (χ1v) is 20.3. The lowest BCUT2D eigenvalue weighted by molar-refractivity contribution is 0.101. The van der Waals surface area contributed by atoms with E-state index in [1.165, 1.54) is 68.5 Å². The molecule has 0 unspecified atom stereocenters. The molecular weight excluding hydrogens is 683 g/mol. The van der Waals surface area contributed by atoms with Gasteiger partial charge in [-0.25, -0.2) is 21.8 Å². The van der Waals surface area contributed by atoms with Gasteiger partial charge in [0.25, 0.3) is 11.8 Å². The van der Waals surface area contributed by atoms with E-state index in [0.29, 0.717) is 53.8 Å². The van der Waals surface area contributed by atoms with Crippen LogP contribution in [0.1, 0.15) is 72.1 Å². The van der Waals surface area contributed by atoms with Crippen LogP contribution in [-0.4, -0.2) is 68.4 Å². The van der Waals surface area contributed by atoms with Crippen molar-refractivity contribution in [3.8, 4) is 11.3 Å². The molecule has 258 valence electrons. The molecular formula is C35H39N5O6S3. The summed E-state index contributed by atoms with van der Waals surface area (Å²) in [6, 6.07) is 19.0. The third kappa shape index (κ3) is 8.27. The van der Waals surface area contributed by atoms with Gasteiger partial charge in [0.05, 0.1) is 15.5 Å². The number of hydrogen-bond donors (Lipinski definition) is 2. The van der Waals surface area contributed by atoms with E-state index in [-0.39, 0.29) is 15.7 Å². The predicted molar refractivity (Wildman–Crippen MR) is 191 cm³/mol. The van der Waals surface area contributed by atoms with Crippen molar-refractivity contribution in [2.24, 2.45) is 0 Å². The lowest BCUT2D eigenvalue weighted by atomic mass is 10.1. The lowest BCUT2D eigenvalue weighted by Gasteiger charge is -2.20. The van der Waals surface area contributed by atoms with E-state index in [0.717, 1.165) is 56.9 Å². The quantitative estimate of drug-likeness (QED) is 0.202. The highest BCUT2D eigenvalue weighted by Crippen LogP contribution is 2.28. The second-order valence-corrected chi connectivity index (χ2v) is 16.9. The van der Waals surface area contributed by atoms with Gasteiger partial charge >= 0.3 is 0 Å². The molecule has 1 aromatic heterocycles. The predicted octanol–water partition coefficient (Wildman–Crippen LogP) is 6.44. The number of nitrogens with one attached hydrogen (secondary N) is 2.